The summed E-state index contributed by atoms with van der Waals surface area (Å²) in [7, 11) is 0. The van der Waals surface area contributed by atoms with E-state index in [0.717, 1.165) is 41.3 Å². The van der Waals surface area contributed by atoms with E-state index in [9.17, 15) is 0 Å². The van der Waals surface area contributed by atoms with Crippen LogP contribution in [-0.4, -0.2) is 14.5 Å². The topological polar surface area (TPSA) is 30.7 Å². The van der Waals surface area contributed by atoms with Crippen molar-refractivity contribution in [3.8, 4) is 0 Å². The minimum Gasteiger partial charge on any atom is -0.311 e. The van der Waals surface area contributed by atoms with Gasteiger partial charge in [-0.05, 0) is 49.1 Å². The molecule has 3 nitrogen and oxygen atoms in total. The summed E-state index contributed by atoms with van der Waals surface area (Å²) in [6.45, 7) is 1.05. The summed E-state index contributed by atoms with van der Waals surface area (Å²) in [6.07, 6.45) is 7.55. The van der Waals surface area contributed by atoms with Crippen LogP contribution in [-0.2, 0) is 12.4 Å². The quantitative estimate of drug-likeness (QED) is 0.801. The van der Waals surface area contributed by atoms with Crippen molar-refractivity contribution >= 4 is 22.8 Å². The largest absolute Gasteiger partial charge is 0.311 e. The van der Waals surface area contributed by atoms with Crippen LogP contribution in [0.4, 0.5) is 0 Å². The molecule has 4 rings (SSSR count). The van der Waals surface area contributed by atoms with E-state index in [0.29, 0.717) is 5.88 Å². The third-order valence-electron chi connectivity index (χ3n) is 5.00. The molecule has 19 heavy (non-hydrogen) atoms. The molecule has 2 aliphatic rings. The average molecular weight is 276 g/mol. The van der Waals surface area contributed by atoms with E-state index in [1.807, 2.05) is 18.3 Å². The van der Waals surface area contributed by atoms with Gasteiger partial charge in [-0.1, -0.05) is 6.42 Å². The van der Waals surface area contributed by atoms with Crippen molar-refractivity contribution in [2.75, 3.05) is 0 Å². The number of aromatic nitrogens is 3. The highest BCUT2D eigenvalue weighted by Crippen LogP contribution is 2.49. The van der Waals surface area contributed by atoms with Gasteiger partial charge in [0.05, 0.1) is 5.88 Å². The van der Waals surface area contributed by atoms with E-state index in [2.05, 4.69) is 14.5 Å². The Hall–Kier alpha value is -1.09. The predicted molar refractivity (Wildman–Crippen MR) is 76.0 cm³/mol. The number of nitrogens with zero attached hydrogens (tertiary/aromatic N) is 3. The number of rotatable bonds is 3. The lowest BCUT2D eigenvalue weighted by Gasteiger charge is -2.22. The maximum atomic E-state index is 6.06. The van der Waals surface area contributed by atoms with Gasteiger partial charge in [-0.2, -0.15) is 0 Å². The van der Waals surface area contributed by atoms with Crippen molar-refractivity contribution in [2.24, 2.45) is 17.8 Å². The summed E-state index contributed by atoms with van der Waals surface area (Å²) < 4.78 is 2.26. The van der Waals surface area contributed by atoms with Crippen LogP contribution < -0.4 is 0 Å². The van der Waals surface area contributed by atoms with E-state index in [4.69, 9.17) is 11.6 Å². The van der Waals surface area contributed by atoms with Crippen molar-refractivity contribution in [1.29, 1.82) is 0 Å². The number of fused-ring (bicyclic) bond motifs is 3. The molecule has 0 spiro atoms. The number of alkyl halides is 1. The van der Waals surface area contributed by atoms with Crippen LogP contribution in [0, 0.1) is 17.8 Å². The third-order valence-corrected chi connectivity index (χ3v) is 5.24. The molecule has 2 heterocycles. The Kier molecular flexibility index (Phi) is 2.76. The summed E-state index contributed by atoms with van der Waals surface area (Å²) in [5, 5.41) is 0. The monoisotopic (exact) mass is 275 g/mol. The fourth-order valence-corrected chi connectivity index (χ4v) is 4.34. The molecule has 100 valence electrons. The molecule has 0 aromatic carbocycles. The van der Waals surface area contributed by atoms with Gasteiger partial charge in [-0.15, -0.1) is 11.6 Å². The van der Waals surface area contributed by atoms with Crippen molar-refractivity contribution in [2.45, 2.75) is 38.1 Å². The van der Waals surface area contributed by atoms with Crippen LogP contribution in [0.2, 0.25) is 0 Å². The second-order valence-corrected chi connectivity index (χ2v) is 6.32. The molecule has 0 radical (unpaired) electrons. The van der Waals surface area contributed by atoms with E-state index in [-0.39, 0.29) is 0 Å². The fourth-order valence-electron chi connectivity index (χ4n) is 4.13. The second-order valence-electron chi connectivity index (χ2n) is 6.05. The highest BCUT2D eigenvalue weighted by Gasteiger charge is 2.39. The van der Waals surface area contributed by atoms with Gasteiger partial charge in [0.2, 0.25) is 0 Å². The number of hydrogen-bond donors (Lipinski definition) is 0. The summed E-state index contributed by atoms with van der Waals surface area (Å²) >= 11 is 6.06. The molecule has 2 aliphatic carbocycles. The highest BCUT2D eigenvalue weighted by molar-refractivity contribution is 6.16. The molecule has 3 atom stereocenters. The van der Waals surface area contributed by atoms with Crippen molar-refractivity contribution in [3.05, 3.63) is 24.2 Å². The fraction of sp³-hybridized carbons (Fsp3) is 0.600. The Labute approximate surface area is 118 Å². The molecule has 0 saturated heterocycles. The zero-order valence-electron chi connectivity index (χ0n) is 10.9. The van der Waals surface area contributed by atoms with Gasteiger partial charge < -0.3 is 4.57 Å². The summed E-state index contributed by atoms with van der Waals surface area (Å²) in [5.74, 6) is 4.15. The van der Waals surface area contributed by atoms with Gasteiger partial charge in [-0.3, -0.25) is 0 Å². The molecular formula is C15H18ClN3. The van der Waals surface area contributed by atoms with Crippen molar-refractivity contribution in [1.82, 2.24) is 14.5 Å². The molecule has 2 aromatic heterocycles. The third kappa shape index (κ3) is 1.86. The average Bonchev–Trinajstić information content (AvgIpc) is 3.13. The SMILES string of the molecule is ClCc1nc2cccnc2n1CC1CC2CCC1C2. The van der Waals surface area contributed by atoms with Gasteiger partial charge in [-0.25, -0.2) is 9.97 Å². The maximum absolute atomic E-state index is 6.06. The maximum Gasteiger partial charge on any atom is 0.160 e. The summed E-state index contributed by atoms with van der Waals surface area (Å²) in [4.78, 5) is 9.10. The zero-order valence-corrected chi connectivity index (χ0v) is 11.7. The van der Waals surface area contributed by atoms with Crippen LogP contribution >= 0.6 is 11.6 Å². The van der Waals surface area contributed by atoms with E-state index < -0.39 is 0 Å². The van der Waals surface area contributed by atoms with Crippen molar-refractivity contribution < 1.29 is 0 Å². The molecule has 0 N–H and O–H groups in total. The normalized spacial score (nSPS) is 29.4. The molecule has 0 aliphatic heterocycles. The number of pyridine rings is 1. The molecule has 2 fully saturated rings. The van der Waals surface area contributed by atoms with Crippen LogP contribution in [0.5, 0.6) is 0 Å². The Balaban J connectivity index is 1.70. The number of halogens is 1. The summed E-state index contributed by atoms with van der Waals surface area (Å²) in [5.41, 5.74) is 1.97. The van der Waals surface area contributed by atoms with Crippen LogP contribution in [0.1, 0.15) is 31.5 Å². The van der Waals surface area contributed by atoms with Crippen molar-refractivity contribution in [3.63, 3.8) is 0 Å². The molecule has 0 amide bonds. The number of imidazole rings is 1. The first-order valence-corrected chi connectivity index (χ1v) is 7.74. The Bertz CT molecular complexity index is 606. The first-order valence-electron chi connectivity index (χ1n) is 7.21. The zero-order chi connectivity index (χ0) is 12.8. The molecule has 3 unspecified atom stereocenters. The van der Waals surface area contributed by atoms with Gasteiger partial charge in [0, 0.05) is 12.7 Å². The lowest BCUT2D eigenvalue weighted by atomic mass is 9.89. The van der Waals surface area contributed by atoms with E-state index in [1.165, 1.54) is 25.7 Å². The summed E-state index contributed by atoms with van der Waals surface area (Å²) in [6, 6.07) is 3.96. The minimum absolute atomic E-state index is 0.469. The smallest absolute Gasteiger partial charge is 0.160 e. The molecule has 2 aromatic rings. The Morgan fingerprint density at radius 3 is 3.00 bits per heavy atom. The first-order chi connectivity index (χ1) is 9.35. The second kappa shape index (κ2) is 4.48. The van der Waals surface area contributed by atoms with E-state index in [1.54, 1.807) is 0 Å². The van der Waals surface area contributed by atoms with Crippen LogP contribution in [0.25, 0.3) is 11.2 Å². The lowest BCUT2D eigenvalue weighted by molar-refractivity contribution is 0.296. The standard InChI is InChI=1S/C15H18ClN3/c16-8-14-18-13-2-1-5-17-15(13)19(14)9-12-7-10-3-4-11(12)6-10/h1-2,5,10-12H,3-4,6-9H2. The number of hydrogen-bond acceptors (Lipinski definition) is 2. The van der Waals surface area contributed by atoms with Crippen LogP contribution in [0.3, 0.4) is 0 Å². The minimum atomic E-state index is 0.469. The van der Waals surface area contributed by atoms with Gasteiger partial charge in [0.25, 0.3) is 0 Å². The highest BCUT2D eigenvalue weighted by atomic mass is 35.5. The Morgan fingerprint density at radius 2 is 2.26 bits per heavy atom. The molecule has 2 saturated carbocycles. The molecule has 2 bridgehead atoms. The lowest BCUT2D eigenvalue weighted by Crippen LogP contribution is -2.18. The van der Waals surface area contributed by atoms with Gasteiger partial charge in [0.1, 0.15) is 11.3 Å². The predicted octanol–water partition coefficient (Wildman–Crippen LogP) is 3.61. The van der Waals surface area contributed by atoms with Crippen LogP contribution in [0.15, 0.2) is 18.3 Å². The molecule has 4 heteroatoms. The van der Waals surface area contributed by atoms with Gasteiger partial charge >= 0.3 is 0 Å². The van der Waals surface area contributed by atoms with E-state index >= 15 is 0 Å². The van der Waals surface area contributed by atoms with Gasteiger partial charge in [0.15, 0.2) is 5.65 Å². The molecular weight excluding hydrogens is 258 g/mol. The first kappa shape index (κ1) is 11.7. The Morgan fingerprint density at radius 1 is 1.32 bits per heavy atom.